The summed E-state index contributed by atoms with van der Waals surface area (Å²) in [6.07, 6.45) is 1.69. The van der Waals surface area contributed by atoms with Crippen LogP contribution >= 0.6 is 0 Å². The van der Waals surface area contributed by atoms with Gasteiger partial charge in [0.2, 0.25) is 0 Å². The molecule has 0 aliphatic heterocycles. The summed E-state index contributed by atoms with van der Waals surface area (Å²) in [5.41, 5.74) is 0.521. The van der Waals surface area contributed by atoms with Gasteiger partial charge in [0.15, 0.2) is 0 Å². The van der Waals surface area contributed by atoms with Crippen molar-refractivity contribution < 1.29 is 14.7 Å². The Bertz CT molecular complexity index is 370. The molecule has 1 aromatic heterocycles. The molecular formula is C10H14N2O3. The summed E-state index contributed by atoms with van der Waals surface area (Å²) in [5, 5.41) is 11.1. The summed E-state index contributed by atoms with van der Waals surface area (Å²) < 4.78 is 1.68. The maximum atomic E-state index is 11.6. The summed E-state index contributed by atoms with van der Waals surface area (Å²) >= 11 is 0. The van der Waals surface area contributed by atoms with Crippen LogP contribution in [0.4, 0.5) is 0 Å². The van der Waals surface area contributed by atoms with Crippen LogP contribution in [-0.2, 0) is 11.8 Å². The maximum Gasteiger partial charge on any atom is 0.305 e. The van der Waals surface area contributed by atoms with Gasteiger partial charge in [0.25, 0.3) is 5.91 Å². The van der Waals surface area contributed by atoms with Gasteiger partial charge in [0.05, 0.1) is 6.42 Å². The first-order chi connectivity index (χ1) is 7.00. The van der Waals surface area contributed by atoms with Gasteiger partial charge < -0.3 is 15.0 Å². The Balaban J connectivity index is 2.56. The van der Waals surface area contributed by atoms with E-state index in [0.717, 1.165) is 0 Å². The molecule has 1 unspecified atom stereocenters. The third-order valence-corrected chi connectivity index (χ3v) is 2.03. The van der Waals surface area contributed by atoms with E-state index in [1.54, 1.807) is 36.9 Å². The van der Waals surface area contributed by atoms with Crippen LogP contribution in [0.3, 0.4) is 0 Å². The van der Waals surface area contributed by atoms with Gasteiger partial charge in [0, 0.05) is 19.3 Å². The van der Waals surface area contributed by atoms with Crippen molar-refractivity contribution in [3.05, 3.63) is 24.0 Å². The molecule has 1 atom stereocenters. The quantitative estimate of drug-likeness (QED) is 0.765. The van der Waals surface area contributed by atoms with Crippen molar-refractivity contribution in [1.29, 1.82) is 0 Å². The van der Waals surface area contributed by atoms with Crippen molar-refractivity contribution in [3.63, 3.8) is 0 Å². The second kappa shape index (κ2) is 4.63. The molecule has 1 heterocycles. The van der Waals surface area contributed by atoms with E-state index < -0.39 is 5.97 Å². The molecular weight excluding hydrogens is 196 g/mol. The highest BCUT2D eigenvalue weighted by atomic mass is 16.4. The van der Waals surface area contributed by atoms with Gasteiger partial charge in [-0.3, -0.25) is 9.59 Å². The number of nitrogens with one attached hydrogen (secondary N) is 1. The van der Waals surface area contributed by atoms with Crippen LogP contribution in [0.25, 0.3) is 0 Å². The van der Waals surface area contributed by atoms with Crippen LogP contribution in [-0.4, -0.2) is 27.6 Å². The molecule has 0 spiro atoms. The van der Waals surface area contributed by atoms with E-state index >= 15 is 0 Å². The molecule has 0 aliphatic carbocycles. The van der Waals surface area contributed by atoms with E-state index in [2.05, 4.69) is 5.32 Å². The second-order valence-electron chi connectivity index (χ2n) is 3.48. The summed E-state index contributed by atoms with van der Waals surface area (Å²) in [6.45, 7) is 1.66. The topological polar surface area (TPSA) is 71.3 Å². The number of rotatable bonds is 4. The second-order valence-corrected chi connectivity index (χ2v) is 3.48. The van der Waals surface area contributed by atoms with Gasteiger partial charge in [-0.1, -0.05) is 0 Å². The number of aliphatic carboxylic acids is 1. The third kappa shape index (κ3) is 3.12. The van der Waals surface area contributed by atoms with Crippen LogP contribution in [0.2, 0.25) is 0 Å². The standard InChI is InChI=1S/C10H14N2O3/c1-7(6-9(13)14)11-10(15)8-4-3-5-12(8)2/h3-5,7H,6H2,1-2H3,(H,11,15)(H,13,14). The molecule has 0 saturated heterocycles. The highest BCUT2D eigenvalue weighted by Crippen LogP contribution is 2.00. The van der Waals surface area contributed by atoms with Crippen LogP contribution in [0.1, 0.15) is 23.8 Å². The van der Waals surface area contributed by atoms with Crippen molar-refractivity contribution in [2.24, 2.45) is 7.05 Å². The van der Waals surface area contributed by atoms with E-state index in [1.165, 1.54) is 0 Å². The summed E-state index contributed by atoms with van der Waals surface area (Å²) in [4.78, 5) is 22.0. The number of carbonyl (C=O) groups excluding carboxylic acids is 1. The number of carboxylic acids is 1. The van der Waals surface area contributed by atoms with Crippen molar-refractivity contribution in [2.45, 2.75) is 19.4 Å². The van der Waals surface area contributed by atoms with Gasteiger partial charge in [-0.2, -0.15) is 0 Å². The largest absolute Gasteiger partial charge is 0.481 e. The van der Waals surface area contributed by atoms with E-state index in [9.17, 15) is 9.59 Å². The Labute approximate surface area is 87.7 Å². The highest BCUT2D eigenvalue weighted by Gasteiger charge is 2.13. The average Bonchev–Trinajstić information content (AvgIpc) is 2.49. The van der Waals surface area contributed by atoms with Gasteiger partial charge >= 0.3 is 5.97 Å². The predicted molar refractivity (Wildman–Crippen MR) is 54.6 cm³/mol. The Hall–Kier alpha value is -1.78. The zero-order chi connectivity index (χ0) is 11.4. The fourth-order valence-corrected chi connectivity index (χ4v) is 1.31. The maximum absolute atomic E-state index is 11.6. The lowest BCUT2D eigenvalue weighted by molar-refractivity contribution is -0.137. The number of aryl methyl sites for hydroxylation is 1. The zero-order valence-corrected chi connectivity index (χ0v) is 8.73. The van der Waals surface area contributed by atoms with Crippen molar-refractivity contribution >= 4 is 11.9 Å². The Kier molecular flexibility index (Phi) is 3.49. The first-order valence-electron chi connectivity index (χ1n) is 4.64. The monoisotopic (exact) mass is 210 g/mol. The van der Waals surface area contributed by atoms with Crippen LogP contribution in [0.5, 0.6) is 0 Å². The van der Waals surface area contributed by atoms with Crippen molar-refractivity contribution in [1.82, 2.24) is 9.88 Å². The zero-order valence-electron chi connectivity index (χ0n) is 8.73. The molecule has 0 bridgehead atoms. The number of nitrogens with zero attached hydrogens (tertiary/aromatic N) is 1. The molecule has 0 fully saturated rings. The molecule has 1 amide bonds. The Morgan fingerprint density at radius 2 is 2.27 bits per heavy atom. The minimum atomic E-state index is -0.922. The molecule has 82 valence electrons. The number of amides is 1. The van der Waals surface area contributed by atoms with Crippen LogP contribution < -0.4 is 5.32 Å². The Morgan fingerprint density at radius 3 is 2.73 bits per heavy atom. The molecule has 0 aliphatic rings. The molecule has 0 radical (unpaired) electrons. The van der Waals surface area contributed by atoms with E-state index in [4.69, 9.17) is 5.11 Å². The average molecular weight is 210 g/mol. The minimum absolute atomic E-state index is 0.0733. The van der Waals surface area contributed by atoms with Gasteiger partial charge in [-0.25, -0.2) is 0 Å². The highest BCUT2D eigenvalue weighted by molar-refractivity contribution is 5.93. The fourth-order valence-electron chi connectivity index (χ4n) is 1.31. The number of carbonyl (C=O) groups is 2. The summed E-state index contributed by atoms with van der Waals surface area (Å²) in [5.74, 6) is -1.18. The van der Waals surface area contributed by atoms with Gasteiger partial charge in [-0.15, -0.1) is 0 Å². The molecule has 0 aromatic carbocycles. The molecule has 1 aromatic rings. The van der Waals surface area contributed by atoms with Crippen molar-refractivity contribution in [3.8, 4) is 0 Å². The third-order valence-electron chi connectivity index (χ3n) is 2.03. The molecule has 5 heteroatoms. The number of aromatic nitrogens is 1. The van der Waals surface area contributed by atoms with Gasteiger partial charge in [-0.05, 0) is 19.1 Å². The lowest BCUT2D eigenvalue weighted by atomic mass is 10.2. The van der Waals surface area contributed by atoms with E-state index in [-0.39, 0.29) is 18.4 Å². The van der Waals surface area contributed by atoms with Crippen LogP contribution in [0, 0.1) is 0 Å². The first kappa shape index (κ1) is 11.3. The molecule has 0 saturated carbocycles. The van der Waals surface area contributed by atoms with Crippen molar-refractivity contribution in [2.75, 3.05) is 0 Å². The summed E-state index contributed by atoms with van der Waals surface area (Å²) in [6, 6.07) is 3.07. The first-order valence-corrected chi connectivity index (χ1v) is 4.64. The van der Waals surface area contributed by atoms with E-state index in [0.29, 0.717) is 5.69 Å². The Morgan fingerprint density at radius 1 is 1.60 bits per heavy atom. The number of hydrogen-bond donors (Lipinski definition) is 2. The number of carboxylic acid groups (broad SMARTS) is 1. The molecule has 2 N–H and O–H groups in total. The fraction of sp³-hybridized carbons (Fsp3) is 0.400. The molecule has 1 rings (SSSR count). The smallest absolute Gasteiger partial charge is 0.305 e. The normalized spacial score (nSPS) is 12.1. The minimum Gasteiger partial charge on any atom is -0.481 e. The predicted octanol–water partition coefficient (Wildman–Crippen LogP) is 0.618. The lowest BCUT2D eigenvalue weighted by Crippen LogP contribution is -2.35. The lowest BCUT2D eigenvalue weighted by Gasteiger charge is -2.11. The van der Waals surface area contributed by atoms with Gasteiger partial charge in [0.1, 0.15) is 5.69 Å². The number of hydrogen-bond acceptors (Lipinski definition) is 2. The SMILES string of the molecule is CC(CC(=O)O)NC(=O)c1cccn1C. The summed E-state index contributed by atoms with van der Waals surface area (Å²) in [7, 11) is 1.76. The van der Waals surface area contributed by atoms with E-state index in [1.807, 2.05) is 0 Å². The molecule has 15 heavy (non-hydrogen) atoms. The molecule has 5 nitrogen and oxygen atoms in total. The van der Waals surface area contributed by atoms with Crippen LogP contribution in [0.15, 0.2) is 18.3 Å².